The Labute approximate surface area is 104 Å². The van der Waals surface area contributed by atoms with Crippen LogP contribution in [0.2, 0.25) is 0 Å². The Morgan fingerprint density at radius 1 is 1.50 bits per heavy atom. The van der Waals surface area contributed by atoms with Crippen molar-refractivity contribution in [2.24, 2.45) is 0 Å². The third-order valence-corrected chi connectivity index (χ3v) is 4.78. The number of methoxy groups -OCH3 is 1. The van der Waals surface area contributed by atoms with Gasteiger partial charge in [-0.15, -0.1) is 0 Å². The minimum atomic E-state index is -3.84. The quantitative estimate of drug-likeness (QED) is 0.850. The van der Waals surface area contributed by atoms with E-state index in [-0.39, 0.29) is 17.0 Å². The molecular formula is C11H10N2O4S. The number of anilines is 1. The number of hydrogen-bond donors (Lipinski definition) is 1. The highest BCUT2D eigenvalue weighted by molar-refractivity contribution is 7.93. The van der Waals surface area contributed by atoms with Crippen LogP contribution in [0.15, 0.2) is 23.1 Å². The number of nitrogens with one attached hydrogen (secondary N) is 1. The zero-order chi connectivity index (χ0) is 13.3. The van der Waals surface area contributed by atoms with E-state index in [9.17, 15) is 13.2 Å². The van der Waals surface area contributed by atoms with Gasteiger partial charge < -0.3 is 10.1 Å². The summed E-state index contributed by atoms with van der Waals surface area (Å²) in [6.45, 7) is 0. The van der Waals surface area contributed by atoms with Crippen molar-refractivity contribution in [2.75, 3.05) is 12.4 Å². The summed E-state index contributed by atoms with van der Waals surface area (Å²) >= 11 is 0. The van der Waals surface area contributed by atoms with Crippen molar-refractivity contribution >= 4 is 21.4 Å². The Kier molecular flexibility index (Phi) is 2.97. The number of amides is 1. The maximum atomic E-state index is 12.2. The Morgan fingerprint density at radius 3 is 2.83 bits per heavy atom. The molecule has 7 heteroatoms. The molecule has 0 saturated carbocycles. The molecule has 0 aromatic heterocycles. The summed E-state index contributed by atoms with van der Waals surface area (Å²) in [7, 11) is -2.42. The molecule has 18 heavy (non-hydrogen) atoms. The summed E-state index contributed by atoms with van der Waals surface area (Å²) in [4.78, 5) is 11.6. The molecular weight excluding hydrogens is 256 g/mol. The standard InChI is InChI=1S/C11H10N2O4S/c1-17-7-2-3-8-10(6-7)18(15,16)9(4-5-12)11(14)13-8/h2-3,6,9H,4H2,1H3,(H,13,14). The molecule has 1 aliphatic rings. The molecule has 0 radical (unpaired) electrons. The molecule has 1 aliphatic heterocycles. The second-order valence-electron chi connectivity index (χ2n) is 3.75. The van der Waals surface area contributed by atoms with Gasteiger partial charge in [0.2, 0.25) is 5.91 Å². The van der Waals surface area contributed by atoms with Gasteiger partial charge in [0.25, 0.3) is 0 Å². The first-order valence-electron chi connectivity index (χ1n) is 5.10. The Balaban J connectivity index is 2.61. The Morgan fingerprint density at radius 2 is 2.22 bits per heavy atom. The highest BCUT2D eigenvalue weighted by atomic mass is 32.2. The minimum Gasteiger partial charge on any atom is -0.497 e. The molecule has 1 heterocycles. The van der Waals surface area contributed by atoms with Gasteiger partial charge in [0.1, 0.15) is 5.75 Å². The molecule has 0 spiro atoms. The lowest BCUT2D eigenvalue weighted by atomic mass is 10.2. The number of nitrogens with zero attached hydrogens (tertiary/aromatic N) is 1. The maximum absolute atomic E-state index is 12.2. The SMILES string of the molecule is COc1ccc2c(c1)S(=O)(=O)C(CC#N)C(=O)N2. The normalized spacial score (nSPS) is 20.4. The molecule has 0 bridgehead atoms. The predicted molar refractivity (Wildman–Crippen MR) is 62.8 cm³/mol. The van der Waals surface area contributed by atoms with Crippen molar-refractivity contribution in [3.8, 4) is 11.8 Å². The Bertz CT molecular complexity index is 645. The smallest absolute Gasteiger partial charge is 0.244 e. The molecule has 0 aliphatic carbocycles. The summed E-state index contributed by atoms with van der Waals surface area (Å²) in [5, 5.41) is 9.72. The number of ether oxygens (including phenoxy) is 1. The molecule has 1 aromatic carbocycles. The molecule has 1 unspecified atom stereocenters. The van der Waals surface area contributed by atoms with Crippen LogP contribution >= 0.6 is 0 Å². The number of benzene rings is 1. The van der Waals surface area contributed by atoms with Crippen molar-refractivity contribution < 1.29 is 17.9 Å². The molecule has 1 aromatic rings. The number of sulfone groups is 1. The average Bonchev–Trinajstić information content (AvgIpc) is 2.34. The van der Waals surface area contributed by atoms with E-state index in [0.29, 0.717) is 5.75 Å². The average molecular weight is 266 g/mol. The Hall–Kier alpha value is -2.07. The highest BCUT2D eigenvalue weighted by Gasteiger charge is 2.40. The fraction of sp³-hybridized carbons (Fsp3) is 0.273. The van der Waals surface area contributed by atoms with E-state index in [2.05, 4.69) is 5.32 Å². The molecule has 0 saturated heterocycles. The van der Waals surface area contributed by atoms with Gasteiger partial charge in [-0.05, 0) is 12.1 Å². The van der Waals surface area contributed by atoms with E-state index in [0.717, 1.165) is 0 Å². The van der Waals surface area contributed by atoms with Crippen molar-refractivity contribution in [1.82, 2.24) is 0 Å². The van der Waals surface area contributed by atoms with E-state index < -0.39 is 21.0 Å². The fourth-order valence-corrected chi connectivity index (χ4v) is 3.41. The van der Waals surface area contributed by atoms with E-state index in [1.165, 1.54) is 19.2 Å². The topological polar surface area (TPSA) is 96.3 Å². The van der Waals surface area contributed by atoms with Crippen LogP contribution in [0.25, 0.3) is 0 Å². The lowest BCUT2D eigenvalue weighted by Crippen LogP contribution is -2.39. The van der Waals surface area contributed by atoms with Gasteiger partial charge in [0.05, 0.1) is 30.2 Å². The largest absolute Gasteiger partial charge is 0.497 e. The second kappa shape index (κ2) is 4.31. The van der Waals surface area contributed by atoms with Gasteiger partial charge >= 0.3 is 0 Å². The number of nitriles is 1. The summed E-state index contributed by atoms with van der Waals surface area (Å²) in [5.41, 5.74) is 0.218. The van der Waals surface area contributed by atoms with Crippen LogP contribution in [0, 0.1) is 11.3 Å². The van der Waals surface area contributed by atoms with E-state index in [1.807, 2.05) is 0 Å². The zero-order valence-corrected chi connectivity index (χ0v) is 10.3. The summed E-state index contributed by atoms with van der Waals surface area (Å²) in [6.07, 6.45) is -0.370. The van der Waals surface area contributed by atoms with Crippen molar-refractivity contribution in [3.05, 3.63) is 18.2 Å². The molecule has 6 nitrogen and oxygen atoms in total. The van der Waals surface area contributed by atoms with Gasteiger partial charge in [-0.3, -0.25) is 4.79 Å². The van der Waals surface area contributed by atoms with Crippen LogP contribution in [-0.4, -0.2) is 26.7 Å². The van der Waals surface area contributed by atoms with Crippen LogP contribution in [0.4, 0.5) is 5.69 Å². The molecule has 1 atom stereocenters. The summed E-state index contributed by atoms with van der Waals surface area (Å²) in [5.74, 6) is -0.293. The van der Waals surface area contributed by atoms with Crippen LogP contribution < -0.4 is 10.1 Å². The van der Waals surface area contributed by atoms with Crippen molar-refractivity contribution in [2.45, 2.75) is 16.6 Å². The fourth-order valence-electron chi connectivity index (χ4n) is 1.76. The second-order valence-corrected chi connectivity index (χ2v) is 5.85. The van der Waals surface area contributed by atoms with Gasteiger partial charge in [0.15, 0.2) is 15.1 Å². The van der Waals surface area contributed by atoms with Crippen molar-refractivity contribution in [3.63, 3.8) is 0 Å². The number of rotatable bonds is 2. The molecule has 1 N–H and O–H groups in total. The van der Waals surface area contributed by atoms with E-state index in [4.69, 9.17) is 10.00 Å². The van der Waals surface area contributed by atoms with Gasteiger partial charge in [0, 0.05) is 6.07 Å². The van der Waals surface area contributed by atoms with E-state index >= 15 is 0 Å². The third kappa shape index (κ3) is 1.80. The van der Waals surface area contributed by atoms with Crippen molar-refractivity contribution in [1.29, 1.82) is 5.26 Å². The summed E-state index contributed by atoms with van der Waals surface area (Å²) in [6, 6.07) is 6.07. The van der Waals surface area contributed by atoms with Gasteiger partial charge in [-0.2, -0.15) is 5.26 Å². The van der Waals surface area contributed by atoms with E-state index in [1.54, 1.807) is 12.1 Å². The lowest BCUT2D eigenvalue weighted by Gasteiger charge is -2.23. The lowest BCUT2D eigenvalue weighted by molar-refractivity contribution is -0.115. The number of carbonyl (C=O) groups is 1. The minimum absolute atomic E-state index is 0.0123. The maximum Gasteiger partial charge on any atom is 0.244 e. The number of carbonyl (C=O) groups excluding carboxylic acids is 1. The number of hydrogen-bond acceptors (Lipinski definition) is 5. The molecule has 0 fully saturated rings. The van der Waals surface area contributed by atoms with Crippen LogP contribution in [0.3, 0.4) is 0 Å². The first-order valence-corrected chi connectivity index (χ1v) is 6.65. The first-order chi connectivity index (χ1) is 8.50. The van der Waals surface area contributed by atoms with Gasteiger partial charge in [-0.1, -0.05) is 0 Å². The van der Waals surface area contributed by atoms with Gasteiger partial charge in [-0.25, -0.2) is 8.42 Å². The predicted octanol–water partition coefficient (Wildman–Crippen LogP) is 0.703. The third-order valence-electron chi connectivity index (χ3n) is 2.70. The monoisotopic (exact) mass is 266 g/mol. The van der Waals surface area contributed by atoms with Crippen LogP contribution in [0.5, 0.6) is 5.75 Å². The molecule has 94 valence electrons. The van der Waals surface area contributed by atoms with Crippen LogP contribution in [0.1, 0.15) is 6.42 Å². The first kappa shape index (κ1) is 12.4. The molecule has 1 amide bonds. The number of fused-ring (bicyclic) bond motifs is 1. The zero-order valence-electron chi connectivity index (χ0n) is 9.50. The summed E-state index contributed by atoms with van der Waals surface area (Å²) < 4.78 is 29.4. The van der Waals surface area contributed by atoms with Crippen LogP contribution in [-0.2, 0) is 14.6 Å². The highest BCUT2D eigenvalue weighted by Crippen LogP contribution is 2.34. The molecule has 2 rings (SSSR count).